The Bertz CT molecular complexity index is 573. The molecule has 0 saturated carbocycles. The van der Waals surface area contributed by atoms with Gasteiger partial charge in [-0.15, -0.1) is 0 Å². The van der Waals surface area contributed by atoms with Crippen molar-refractivity contribution < 1.29 is 9.59 Å². The van der Waals surface area contributed by atoms with E-state index in [1.54, 1.807) is 24.3 Å². The largest absolute Gasteiger partial charge is 0.326 e. The number of hydrogen-bond donors (Lipinski definition) is 1. The molecule has 3 heteroatoms. The molecule has 2 aromatic rings. The molecule has 2 rings (SSSR count). The predicted octanol–water partition coefficient (Wildman–Crippen LogP) is 3.07. The summed E-state index contributed by atoms with van der Waals surface area (Å²) in [5, 5.41) is 2.67. The Labute approximate surface area is 112 Å². The molecule has 0 spiro atoms. The van der Waals surface area contributed by atoms with Crippen LogP contribution in [0.25, 0.3) is 0 Å². The van der Waals surface area contributed by atoms with Crippen LogP contribution in [0.5, 0.6) is 0 Å². The zero-order chi connectivity index (χ0) is 13.7. The normalized spacial score (nSPS) is 9.95. The van der Waals surface area contributed by atoms with Crippen LogP contribution < -0.4 is 5.32 Å². The summed E-state index contributed by atoms with van der Waals surface area (Å²) < 4.78 is 0. The van der Waals surface area contributed by atoms with Crippen molar-refractivity contribution in [2.24, 2.45) is 0 Å². The third-order valence-electron chi connectivity index (χ3n) is 2.73. The van der Waals surface area contributed by atoms with Crippen molar-refractivity contribution in [1.82, 2.24) is 0 Å². The molecule has 0 aliphatic heterocycles. The van der Waals surface area contributed by atoms with E-state index in [2.05, 4.69) is 5.32 Å². The minimum absolute atomic E-state index is 0.0700. The van der Waals surface area contributed by atoms with Crippen molar-refractivity contribution in [3.8, 4) is 0 Å². The van der Waals surface area contributed by atoms with Gasteiger partial charge in [-0.1, -0.05) is 30.3 Å². The number of benzene rings is 2. The molecule has 0 fully saturated rings. The van der Waals surface area contributed by atoms with Gasteiger partial charge in [0.15, 0.2) is 5.78 Å². The van der Waals surface area contributed by atoms with Crippen molar-refractivity contribution in [2.45, 2.75) is 13.3 Å². The molecule has 0 unspecified atom stereocenters. The second-order valence-corrected chi connectivity index (χ2v) is 4.34. The maximum absolute atomic E-state index is 12.1. The van der Waals surface area contributed by atoms with E-state index >= 15 is 0 Å². The highest BCUT2D eigenvalue weighted by molar-refractivity contribution is 5.98. The van der Waals surface area contributed by atoms with Crippen LogP contribution in [0, 0.1) is 0 Å². The molecule has 19 heavy (non-hydrogen) atoms. The molecule has 0 atom stereocenters. The maximum Gasteiger partial charge on any atom is 0.221 e. The van der Waals surface area contributed by atoms with Crippen LogP contribution in [0.1, 0.15) is 22.8 Å². The van der Waals surface area contributed by atoms with Crippen LogP contribution in [0.4, 0.5) is 5.69 Å². The van der Waals surface area contributed by atoms with Gasteiger partial charge in [0.05, 0.1) is 0 Å². The van der Waals surface area contributed by atoms with Crippen LogP contribution in [0.3, 0.4) is 0 Å². The van der Waals surface area contributed by atoms with Crippen LogP contribution in [-0.4, -0.2) is 11.7 Å². The molecule has 0 heterocycles. The van der Waals surface area contributed by atoms with E-state index in [1.807, 2.05) is 30.3 Å². The first-order chi connectivity index (χ1) is 9.15. The number of rotatable bonds is 4. The van der Waals surface area contributed by atoms with Crippen molar-refractivity contribution in [1.29, 1.82) is 0 Å². The highest BCUT2D eigenvalue weighted by Crippen LogP contribution is 2.12. The summed E-state index contributed by atoms with van der Waals surface area (Å²) in [5.41, 5.74) is 2.35. The lowest BCUT2D eigenvalue weighted by Crippen LogP contribution is -2.07. The van der Waals surface area contributed by atoms with E-state index in [0.717, 1.165) is 5.56 Å². The minimum atomic E-state index is -0.122. The molecular formula is C16H15NO2. The molecule has 0 saturated heterocycles. The quantitative estimate of drug-likeness (QED) is 0.851. The molecule has 0 aliphatic rings. The molecule has 3 nitrogen and oxygen atoms in total. The van der Waals surface area contributed by atoms with Gasteiger partial charge in [0.1, 0.15) is 0 Å². The SMILES string of the molecule is CC(=O)Nc1ccc(C(=O)Cc2ccccc2)cc1. The summed E-state index contributed by atoms with van der Waals surface area (Å²) in [6, 6.07) is 16.6. The molecule has 96 valence electrons. The lowest BCUT2D eigenvalue weighted by molar-refractivity contribution is -0.114. The van der Waals surface area contributed by atoms with Gasteiger partial charge in [0, 0.05) is 24.6 Å². The van der Waals surface area contributed by atoms with E-state index in [1.165, 1.54) is 6.92 Å². The Hall–Kier alpha value is -2.42. The monoisotopic (exact) mass is 253 g/mol. The Kier molecular flexibility index (Phi) is 4.08. The number of anilines is 1. The zero-order valence-corrected chi connectivity index (χ0v) is 10.7. The van der Waals surface area contributed by atoms with E-state index in [9.17, 15) is 9.59 Å². The number of carbonyl (C=O) groups excluding carboxylic acids is 2. The Balaban J connectivity index is 2.05. The number of nitrogens with one attached hydrogen (secondary N) is 1. The lowest BCUT2D eigenvalue weighted by atomic mass is 10.0. The lowest BCUT2D eigenvalue weighted by Gasteiger charge is -2.04. The van der Waals surface area contributed by atoms with Crippen LogP contribution in [0.2, 0.25) is 0 Å². The minimum Gasteiger partial charge on any atom is -0.326 e. The fraction of sp³-hybridized carbons (Fsp3) is 0.125. The summed E-state index contributed by atoms with van der Waals surface area (Å²) >= 11 is 0. The van der Waals surface area contributed by atoms with Gasteiger partial charge in [0.25, 0.3) is 0 Å². The summed E-state index contributed by atoms with van der Waals surface area (Å²) in [7, 11) is 0. The number of ketones is 1. The van der Waals surface area contributed by atoms with Crippen molar-refractivity contribution in [3.05, 3.63) is 65.7 Å². The topological polar surface area (TPSA) is 46.2 Å². The number of carbonyl (C=O) groups is 2. The van der Waals surface area contributed by atoms with Gasteiger partial charge >= 0.3 is 0 Å². The summed E-state index contributed by atoms with van der Waals surface area (Å²) in [5.74, 6) is -0.0519. The van der Waals surface area contributed by atoms with Crippen LogP contribution in [0.15, 0.2) is 54.6 Å². The smallest absolute Gasteiger partial charge is 0.221 e. The molecule has 0 bridgehead atoms. The van der Waals surface area contributed by atoms with Crippen molar-refractivity contribution >= 4 is 17.4 Å². The predicted molar refractivity (Wildman–Crippen MR) is 75.2 cm³/mol. The molecular weight excluding hydrogens is 238 g/mol. The maximum atomic E-state index is 12.1. The van der Waals surface area contributed by atoms with E-state index < -0.39 is 0 Å². The van der Waals surface area contributed by atoms with Crippen molar-refractivity contribution in [2.75, 3.05) is 5.32 Å². The highest BCUT2D eigenvalue weighted by atomic mass is 16.1. The average Bonchev–Trinajstić information content (AvgIpc) is 2.40. The number of hydrogen-bond acceptors (Lipinski definition) is 2. The molecule has 1 amide bonds. The Morgan fingerprint density at radius 2 is 1.58 bits per heavy atom. The number of amides is 1. The molecule has 0 aliphatic carbocycles. The summed E-state index contributed by atoms with van der Waals surface area (Å²) in [4.78, 5) is 23.0. The first-order valence-corrected chi connectivity index (χ1v) is 6.10. The number of Topliss-reactive ketones (excluding diaryl/α,β-unsaturated/α-hetero) is 1. The first-order valence-electron chi connectivity index (χ1n) is 6.10. The van der Waals surface area contributed by atoms with Gasteiger partial charge in [-0.2, -0.15) is 0 Å². The third-order valence-corrected chi connectivity index (χ3v) is 2.73. The second kappa shape index (κ2) is 5.96. The molecule has 0 radical (unpaired) electrons. The molecule has 1 N–H and O–H groups in total. The van der Waals surface area contributed by atoms with Gasteiger partial charge < -0.3 is 5.32 Å². The van der Waals surface area contributed by atoms with Crippen LogP contribution in [-0.2, 0) is 11.2 Å². The Morgan fingerprint density at radius 1 is 0.947 bits per heavy atom. The van der Waals surface area contributed by atoms with Gasteiger partial charge in [-0.05, 0) is 29.8 Å². The Morgan fingerprint density at radius 3 is 2.16 bits per heavy atom. The summed E-state index contributed by atoms with van der Waals surface area (Å²) in [6.45, 7) is 1.45. The fourth-order valence-corrected chi connectivity index (χ4v) is 1.83. The van der Waals surface area contributed by atoms with Crippen LogP contribution >= 0.6 is 0 Å². The summed E-state index contributed by atoms with van der Waals surface area (Å²) in [6.07, 6.45) is 0.389. The van der Waals surface area contributed by atoms with Gasteiger partial charge in [0.2, 0.25) is 5.91 Å². The first kappa shape index (κ1) is 13.0. The van der Waals surface area contributed by atoms with E-state index in [4.69, 9.17) is 0 Å². The van der Waals surface area contributed by atoms with Gasteiger partial charge in [-0.3, -0.25) is 9.59 Å². The van der Waals surface area contributed by atoms with Crippen molar-refractivity contribution in [3.63, 3.8) is 0 Å². The highest BCUT2D eigenvalue weighted by Gasteiger charge is 2.06. The second-order valence-electron chi connectivity index (χ2n) is 4.34. The standard InChI is InChI=1S/C16H15NO2/c1-12(18)17-15-9-7-14(8-10-15)16(19)11-13-5-3-2-4-6-13/h2-10H,11H2,1H3,(H,17,18). The molecule has 2 aromatic carbocycles. The zero-order valence-electron chi connectivity index (χ0n) is 10.7. The van der Waals surface area contributed by atoms with E-state index in [-0.39, 0.29) is 11.7 Å². The molecule has 0 aromatic heterocycles. The third kappa shape index (κ3) is 3.78. The fourth-order valence-electron chi connectivity index (χ4n) is 1.83. The van der Waals surface area contributed by atoms with E-state index in [0.29, 0.717) is 17.7 Å². The van der Waals surface area contributed by atoms with Gasteiger partial charge in [-0.25, -0.2) is 0 Å². The average molecular weight is 253 g/mol.